The van der Waals surface area contributed by atoms with E-state index < -0.39 is 0 Å². The highest BCUT2D eigenvalue weighted by Crippen LogP contribution is 2.45. The van der Waals surface area contributed by atoms with Crippen molar-refractivity contribution in [3.05, 3.63) is 99.4 Å². The van der Waals surface area contributed by atoms with Gasteiger partial charge in [0, 0.05) is 29.5 Å². The Hall–Kier alpha value is -3.24. The summed E-state index contributed by atoms with van der Waals surface area (Å²) in [7, 11) is 6.07. The third kappa shape index (κ3) is 4.81. The molecule has 0 radical (unpaired) electrons. The Balaban J connectivity index is 1.78. The van der Waals surface area contributed by atoms with E-state index in [9.17, 15) is 0 Å². The Bertz CT molecular complexity index is 1270. The Kier molecular flexibility index (Phi) is 7.51. The molecule has 1 atom stereocenters. The number of allylic oxidation sites excluding steroid dienone is 2. The highest BCUT2D eigenvalue weighted by atomic mass is 16.5. The summed E-state index contributed by atoms with van der Waals surface area (Å²) in [5.74, 6) is 0.996. The third-order valence-corrected chi connectivity index (χ3v) is 7.33. The molecular weight excluding hydrogens is 430 g/mol. The van der Waals surface area contributed by atoms with E-state index in [-0.39, 0.29) is 5.41 Å². The monoisotopic (exact) mass is 469 g/mol. The minimum atomic E-state index is -0.347. The second-order valence-electron chi connectivity index (χ2n) is 9.78. The summed E-state index contributed by atoms with van der Waals surface area (Å²) in [4.78, 5) is 8.18. The number of benzene rings is 2. The summed E-state index contributed by atoms with van der Waals surface area (Å²) >= 11 is 0. The molecule has 2 aromatic carbocycles. The smallest absolute Gasteiger partial charge is 0.111 e. The summed E-state index contributed by atoms with van der Waals surface area (Å²) < 4.78 is 6.09. The molecule has 0 saturated heterocycles. The molecule has 0 spiro atoms. The van der Waals surface area contributed by atoms with Crippen molar-refractivity contribution in [3.8, 4) is 0 Å². The standard InChI is InChI=1S/C31H39N3O/c1-7-34(22-25-12-9-8-10-13-25)27-16-14-26(15-17-27)31(20-11-21-33(4)5)29(35-6)19-18-28-30(31)23(2)24(3)32-28/h8-10,12-19,32H,3,7,11,20-22H2,1-2,4-6H3. The van der Waals surface area contributed by atoms with Crippen LogP contribution in [0, 0.1) is 6.92 Å². The van der Waals surface area contributed by atoms with Gasteiger partial charge in [0.25, 0.3) is 0 Å². The number of nitrogens with zero attached hydrogens (tertiary/aromatic N) is 2. The van der Waals surface area contributed by atoms with Gasteiger partial charge >= 0.3 is 0 Å². The molecular formula is C31H39N3O. The molecule has 0 fully saturated rings. The number of rotatable bonds is 10. The van der Waals surface area contributed by atoms with Gasteiger partial charge in [-0.05, 0) is 93.9 Å². The van der Waals surface area contributed by atoms with Crippen LogP contribution in [-0.4, -0.2) is 44.2 Å². The van der Waals surface area contributed by atoms with E-state index in [0.717, 1.165) is 48.9 Å². The number of hydrogen-bond acceptors (Lipinski definition) is 3. The summed E-state index contributed by atoms with van der Waals surface area (Å²) in [5, 5.41) is 2.12. The van der Waals surface area contributed by atoms with Gasteiger partial charge in [0.1, 0.15) is 5.76 Å². The number of anilines is 1. The van der Waals surface area contributed by atoms with Crippen LogP contribution in [0.2, 0.25) is 0 Å². The van der Waals surface area contributed by atoms with Crippen LogP contribution >= 0.6 is 0 Å². The zero-order valence-electron chi connectivity index (χ0n) is 21.9. The van der Waals surface area contributed by atoms with Crippen LogP contribution in [0.3, 0.4) is 0 Å². The molecule has 0 saturated carbocycles. The maximum atomic E-state index is 6.09. The predicted molar refractivity (Wildman–Crippen MR) is 148 cm³/mol. The van der Waals surface area contributed by atoms with E-state index >= 15 is 0 Å². The van der Waals surface area contributed by atoms with Gasteiger partial charge in [-0.15, -0.1) is 0 Å². The van der Waals surface area contributed by atoms with Crippen LogP contribution in [-0.2, 0) is 16.7 Å². The first kappa shape index (κ1) is 24.9. The van der Waals surface area contributed by atoms with E-state index in [0.29, 0.717) is 0 Å². The Morgan fingerprint density at radius 2 is 1.71 bits per heavy atom. The molecule has 184 valence electrons. The first-order valence-electron chi connectivity index (χ1n) is 12.6. The van der Waals surface area contributed by atoms with Gasteiger partial charge in [-0.25, -0.2) is 0 Å². The van der Waals surface area contributed by atoms with Gasteiger partial charge in [0.05, 0.1) is 12.5 Å². The lowest BCUT2D eigenvalue weighted by Crippen LogP contribution is -2.39. The fourth-order valence-electron chi connectivity index (χ4n) is 5.50. The Labute approximate surface area is 210 Å². The van der Waals surface area contributed by atoms with E-state index in [4.69, 9.17) is 4.74 Å². The van der Waals surface area contributed by atoms with Crippen molar-refractivity contribution in [2.75, 3.05) is 39.2 Å². The Morgan fingerprint density at radius 3 is 2.34 bits per heavy atom. The van der Waals surface area contributed by atoms with Crippen molar-refractivity contribution < 1.29 is 4.74 Å². The van der Waals surface area contributed by atoms with E-state index in [1.807, 2.05) is 0 Å². The molecule has 4 nitrogen and oxygen atoms in total. The summed E-state index contributed by atoms with van der Waals surface area (Å²) in [6.45, 7) is 11.5. The molecule has 1 unspecified atom stereocenters. The van der Waals surface area contributed by atoms with Gasteiger partial charge in [-0.3, -0.25) is 0 Å². The summed E-state index contributed by atoms with van der Waals surface area (Å²) in [5.41, 5.74) is 5.98. The molecule has 1 N–H and O–H groups in total. The molecule has 1 aliphatic carbocycles. The molecule has 3 aromatic rings. The maximum absolute atomic E-state index is 6.09. The zero-order valence-corrected chi connectivity index (χ0v) is 21.9. The predicted octanol–water partition coefficient (Wildman–Crippen LogP) is 4.71. The lowest BCUT2D eigenvalue weighted by atomic mass is 9.67. The van der Waals surface area contributed by atoms with Crippen molar-refractivity contribution in [2.45, 2.75) is 38.6 Å². The van der Waals surface area contributed by atoms with Crippen molar-refractivity contribution in [3.63, 3.8) is 0 Å². The second-order valence-corrected chi connectivity index (χ2v) is 9.78. The van der Waals surface area contributed by atoms with Crippen LogP contribution in [0.25, 0.3) is 12.7 Å². The summed E-state index contributed by atoms with van der Waals surface area (Å²) in [6, 6.07) is 19.8. The van der Waals surface area contributed by atoms with Crippen molar-refractivity contribution in [1.29, 1.82) is 0 Å². The number of methoxy groups -OCH3 is 1. The molecule has 4 rings (SSSR count). The molecule has 0 amide bonds. The van der Waals surface area contributed by atoms with Crippen molar-refractivity contribution >= 4 is 18.3 Å². The highest BCUT2D eigenvalue weighted by molar-refractivity contribution is 5.61. The van der Waals surface area contributed by atoms with Crippen molar-refractivity contribution in [1.82, 2.24) is 9.88 Å². The second kappa shape index (κ2) is 10.6. The topological polar surface area (TPSA) is 31.5 Å². The molecule has 1 heterocycles. The number of ether oxygens (including phenoxy) is 1. The van der Waals surface area contributed by atoms with E-state index in [1.165, 1.54) is 27.9 Å². The largest absolute Gasteiger partial charge is 0.500 e. The Morgan fingerprint density at radius 1 is 1.00 bits per heavy atom. The number of aromatic amines is 1. The van der Waals surface area contributed by atoms with Gasteiger partial charge in [-0.1, -0.05) is 49.0 Å². The number of nitrogens with one attached hydrogen (secondary N) is 1. The molecule has 35 heavy (non-hydrogen) atoms. The summed E-state index contributed by atoms with van der Waals surface area (Å²) in [6.07, 6.45) is 6.29. The molecule has 4 heteroatoms. The SMILES string of the molecule is C=c1[nH]c2c(c1C)C(CCCN(C)C)(c1ccc(N(CC)Cc3ccccc3)cc1)C(OC)=CC=2. The lowest BCUT2D eigenvalue weighted by Gasteiger charge is -2.38. The normalized spacial score (nSPS) is 17.0. The van der Waals surface area contributed by atoms with Gasteiger partial charge < -0.3 is 19.5 Å². The van der Waals surface area contributed by atoms with Crippen LogP contribution < -0.4 is 15.6 Å². The van der Waals surface area contributed by atoms with Crippen LogP contribution in [0.4, 0.5) is 5.69 Å². The first-order valence-corrected chi connectivity index (χ1v) is 12.6. The minimum absolute atomic E-state index is 0.347. The average Bonchev–Trinajstić information content (AvgIpc) is 3.17. The highest BCUT2D eigenvalue weighted by Gasteiger charge is 2.43. The van der Waals surface area contributed by atoms with Gasteiger partial charge in [0.2, 0.25) is 0 Å². The molecule has 1 aromatic heterocycles. The molecule has 0 bridgehead atoms. The number of H-pyrrole nitrogens is 1. The fourth-order valence-corrected chi connectivity index (χ4v) is 5.50. The maximum Gasteiger partial charge on any atom is 0.111 e. The third-order valence-electron chi connectivity index (χ3n) is 7.33. The quantitative estimate of drug-likeness (QED) is 0.467. The minimum Gasteiger partial charge on any atom is -0.500 e. The van der Waals surface area contributed by atoms with Crippen LogP contribution in [0.1, 0.15) is 42.0 Å². The average molecular weight is 470 g/mol. The van der Waals surface area contributed by atoms with Crippen LogP contribution in [0.15, 0.2) is 66.4 Å². The van der Waals surface area contributed by atoms with E-state index in [1.54, 1.807) is 7.11 Å². The van der Waals surface area contributed by atoms with Crippen molar-refractivity contribution in [2.24, 2.45) is 0 Å². The number of hydrogen-bond donors (Lipinski definition) is 1. The van der Waals surface area contributed by atoms with Gasteiger partial charge in [-0.2, -0.15) is 0 Å². The fraction of sp³-hybridized carbons (Fsp3) is 0.355. The van der Waals surface area contributed by atoms with E-state index in [2.05, 4.69) is 116 Å². The number of aromatic nitrogens is 1. The zero-order chi connectivity index (χ0) is 25.0. The van der Waals surface area contributed by atoms with Gasteiger partial charge in [0.15, 0.2) is 0 Å². The molecule has 0 aliphatic heterocycles. The van der Waals surface area contributed by atoms with Crippen LogP contribution in [0.5, 0.6) is 0 Å². The molecule has 1 aliphatic rings. The lowest BCUT2D eigenvalue weighted by molar-refractivity contribution is 0.223. The first-order chi connectivity index (χ1) is 16.9. The number of fused-ring (bicyclic) bond motifs is 1.